The molecule has 146 valence electrons. The Hall–Kier alpha value is -1.94. The van der Waals surface area contributed by atoms with Crippen molar-refractivity contribution in [2.24, 2.45) is 11.3 Å². The molecule has 1 aliphatic carbocycles. The third kappa shape index (κ3) is 3.14. The van der Waals surface area contributed by atoms with Crippen LogP contribution in [-0.4, -0.2) is 15.8 Å². The molecule has 2 heterocycles. The lowest BCUT2D eigenvalue weighted by molar-refractivity contribution is -0.0887. The highest BCUT2D eigenvalue weighted by Gasteiger charge is 2.50. The van der Waals surface area contributed by atoms with Crippen molar-refractivity contribution >= 4 is 0 Å². The molecule has 0 radical (unpaired) electrons. The van der Waals surface area contributed by atoms with Gasteiger partial charge in [0, 0.05) is 17.9 Å². The molecular formula is C23H30O4. The average molecular weight is 370 g/mol. The van der Waals surface area contributed by atoms with Crippen LogP contribution in [0.3, 0.4) is 0 Å². The summed E-state index contributed by atoms with van der Waals surface area (Å²) in [5.74, 6) is 0.284. The van der Waals surface area contributed by atoms with E-state index < -0.39 is 5.60 Å². The number of benzene rings is 1. The second-order valence-corrected chi connectivity index (χ2v) is 9.29. The van der Waals surface area contributed by atoms with Gasteiger partial charge < -0.3 is 19.7 Å². The summed E-state index contributed by atoms with van der Waals surface area (Å²) in [6, 6.07) is 1.61. The number of phenols is 2. The Morgan fingerprint density at radius 2 is 1.93 bits per heavy atom. The Morgan fingerprint density at radius 1 is 1.15 bits per heavy atom. The number of hydrogen-bond donors (Lipinski definition) is 2. The SMILES string of the molecule is C/C1=C\CC(C)(C)/C=C/C[C@@]2(C)Oc3c(O)c(O)cc4c3[C@@H](OC4)[C@@H]2CC1. The van der Waals surface area contributed by atoms with Crippen LogP contribution in [0.5, 0.6) is 17.2 Å². The Bertz CT molecular complexity index is 820. The lowest BCUT2D eigenvalue weighted by Gasteiger charge is -2.45. The molecule has 4 nitrogen and oxygen atoms in total. The fraction of sp³-hybridized carbons (Fsp3) is 0.565. The van der Waals surface area contributed by atoms with Crippen molar-refractivity contribution in [3.63, 3.8) is 0 Å². The first-order valence-electron chi connectivity index (χ1n) is 9.92. The predicted molar refractivity (Wildman–Crippen MR) is 105 cm³/mol. The normalized spacial score (nSPS) is 35.0. The van der Waals surface area contributed by atoms with Crippen molar-refractivity contribution in [3.05, 3.63) is 41.0 Å². The van der Waals surface area contributed by atoms with Gasteiger partial charge in [-0.3, -0.25) is 0 Å². The van der Waals surface area contributed by atoms with Crippen LogP contribution in [-0.2, 0) is 11.3 Å². The topological polar surface area (TPSA) is 58.9 Å². The maximum atomic E-state index is 10.5. The zero-order valence-corrected chi connectivity index (χ0v) is 16.7. The first-order valence-corrected chi connectivity index (χ1v) is 9.92. The minimum atomic E-state index is -0.498. The largest absolute Gasteiger partial charge is 0.504 e. The van der Waals surface area contributed by atoms with E-state index in [9.17, 15) is 10.2 Å². The minimum Gasteiger partial charge on any atom is -0.504 e. The third-order valence-electron chi connectivity index (χ3n) is 6.47. The van der Waals surface area contributed by atoms with Gasteiger partial charge >= 0.3 is 0 Å². The van der Waals surface area contributed by atoms with E-state index in [0.29, 0.717) is 12.4 Å². The molecule has 2 N–H and O–H groups in total. The highest BCUT2D eigenvalue weighted by atomic mass is 16.5. The molecule has 0 aromatic heterocycles. The molecule has 3 atom stereocenters. The van der Waals surface area contributed by atoms with Crippen LogP contribution >= 0.6 is 0 Å². The molecule has 0 unspecified atom stereocenters. The van der Waals surface area contributed by atoms with E-state index in [0.717, 1.165) is 36.8 Å². The van der Waals surface area contributed by atoms with Crippen LogP contribution in [0.2, 0.25) is 0 Å². The molecule has 4 rings (SSSR count). The van der Waals surface area contributed by atoms with Crippen molar-refractivity contribution in [2.75, 3.05) is 0 Å². The quantitative estimate of drug-likeness (QED) is 0.465. The maximum Gasteiger partial charge on any atom is 0.200 e. The number of hydrogen-bond acceptors (Lipinski definition) is 4. The van der Waals surface area contributed by atoms with Crippen LogP contribution in [0.25, 0.3) is 0 Å². The van der Waals surface area contributed by atoms with Gasteiger partial charge in [0.25, 0.3) is 0 Å². The number of rotatable bonds is 0. The molecular weight excluding hydrogens is 340 g/mol. The number of ether oxygens (including phenoxy) is 2. The summed E-state index contributed by atoms with van der Waals surface area (Å²) in [6.45, 7) is 9.27. The first-order chi connectivity index (χ1) is 12.7. The van der Waals surface area contributed by atoms with Crippen LogP contribution in [0.4, 0.5) is 0 Å². The Morgan fingerprint density at radius 3 is 2.70 bits per heavy atom. The fourth-order valence-electron chi connectivity index (χ4n) is 4.70. The Balaban J connectivity index is 1.79. The van der Waals surface area contributed by atoms with E-state index in [4.69, 9.17) is 9.47 Å². The summed E-state index contributed by atoms with van der Waals surface area (Å²) in [6.07, 6.45) is 10.5. The average Bonchev–Trinajstić information content (AvgIpc) is 2.99. The second-order valence-electron chi connectivity index (χ2n) is 9.29. The van der Waals surface area contributed by atoms with Gasteiger partial charge in [0.05, 0.1) is 12.7 Å². The van der Waals surface area contributed by atoms with Gasteiger partial charge in [0.2, 0.25) is 5.75 Å². The number of aromatic hydroxyl groups is 2. The van der Waals surface area contributed by atoms with Gasteiger partial charge in [-0.1, -0.05) is 37.6 Å². The van der Waals surface area contributed by atoms with E-state index >= 15 is 0 Å². The summed E-state index contributed by atoms with van der Waals surface area (Å²) in [5.41, 5.74) is 2.85. The Kier molecular flexibility index (Phi) is 4.30. The molecule has 1 aromatic rings. The van der Waals surface area contributed by atoms with Gasteiger partial charge in [0.15, 0.2) is 11.5 Å². The summed E-state index contributed by atoms with van der Waals surface area (Å²) >= 11 is 0. The zero-order valence-electron chi connectivity index (χ0n) is 16.7. The number of fused-ring (bicyclic) bond motifs is 2. The number of allylic oxidation sites excluding steroid dienone is 3. The van der Waals surface area contributed by atoms with Crippen molar-refractivity contribution < 1.29 is 19.7 Å². The molecule has 1 aromatic carbocycles. The van der Waals surface area contributed by atoms with E-state index in [2.05, 4.69) is 45.9 Å². The molecule has 0 saturated heterocycles. The van der Waals surface area contributed by atoms with Crippen LogP contribution in [0.15, 0.2) is 29.9 Å². The predicted octanol–water partition coefficient (Wildman–Crippen LogP) is 5.54. The molecule has 4 heteroatoms. The lowest BCUT2D eigenvalue weighted by atomic mass is 9.74. The summed E-state index contributed by atoms with van der Waals surface area (Å²) in [5, 5.41) is 20.6. The van der Waals surface area contributed by atoms with Gasteiger partial charge in [0.1, 0.15) is 5.60 Å². The molecule has 0 spiro atoms. The van der Waals surface area contributed by atoms with E-state index in [1.165, 1.54) is 5.57 Å². The van der Waals surface area contributed by atoms with Gasteiger partial charge in [-0.25, -0.2) is 0 Å². The van der Waals surface area contributed by atoms with Gasteiger partial charge in [-0.05, 0) is 50.2 Å². The standard InChI is InChI=1S/C23H30O4/c1-14-6-7-16-20-18-15(13-26-20)12-17(24)19(25)21(18)27-23(16,4)10-5-9-22(2,3)11-8-14/h5,8-9,12,16,20,24-25H,6-7,10-11,13H2,1-4H3/b9-5+,14-8+/t16-,20-,23+/m0/s1. The first kappa shape index (κ1) is 18.4. The van der Waals surface area contributed by atoms with E-state index in [-0.39, 0.29) is 28.9 Å². The molecule has 2 aliphatic heterocycles. The number of phenolic OH excluding ortho intramolecular Hbond substituents is 2. The minimum absolute atomic E-state index is 0.0987. The highest BCUT2D eigenvalue weighted by molar-refractivity contribution is 5.61. The van der Waals surface area contributed by atoms with Crippen molar-refractivity contribution in [1.82, 2.24) is 0 Å². The molecule has 27 heavy (non-hydrogen) atoms. The van der Waals surface area contributed by atoms with E-state index in [1.54, 1.807) is 6.07 Å². The zero-order chi connectivity index (χ0) is 19.4. The molecule has 0 saturated carbocycles. The molecule has 0 bridgehead atoms. The molecule has 0 amide bonds. The van der Waals surface area contributed by atoms with Gasteiger partial charge in [-0.2, -0.15) is 0 Å². The monoisotopic (exact) mass is 370 g/mol. The second kappa shape index (κ2) is 6.30. The highest BCUT2D eigenvalue weighted by Crippen LogP contribution is 2.58. The van der Waals surface area contributed by atoms with Crippen molar-refractivity contribution in [1.29, 1.82) is 0 Å². The van der Waals surface area contributed by atoms with Crippen LogP contribution < -0.4 is 4.74 Å². The smallest absolute Gasteiger partial charge is 0.200 e. The lowest BCUT2D eigenvalue weighted by Crippen LogP contribution is -2.46. The maximum absolute atomic E-state index is 10.5. The van der Waals surface area contributed by atoms with E-state index in [1.807, 2.05) is 0 Å². The van der Waals surface area contributed by atoms with Crippen LogP contribution in [0.1, 0.15) is 70.6 Å². The summed E-state index contributed by atoms with van der Waals surface area (Å²) in [4.78, 5) is 0. The Labute approximate surface area is 161 Å². The van der Waals surface area contributed by atoms with Crippen LogP contribution in [0, 0.1) is 11.3 Å². The van der Waals surface area contributed by atoms with Crippen molar-refractivity contribution in [3.8, 4) is 17.2 Å². The fourth-order valence-corrected chi connectivity index (χ4v) is 4.70. The molecule has 0 fully saturated rings. The molecule has 3 aliphatic rings. The summed E-state index contributed by atoms with van der Waals surface area (Å²) < 4.78 is 12.6. The van der Waals surface area contributed by atoms with Gasteiger partial charge in [-0.15, -0.1) is 0 Å². The third-order valence-corrected chi connectivity index (χ3v) is 6.47. The van der Waals surface area contributed by atoms with Crippen molar-refractivity contribution in [2.45, 2.75) is 71.7 Å². The summed E-state index contributed by atoms with van der Waals surface area (Å²) in [7, 11) is 0.